The molecular weight excluding hydrogens is 334 g/mol. The minimum absolute atomic E-state index is 0. The summed E-state index contributed by atoms with van der Waals surface area (Å²) < 4.78 is 1.44. The third-order valence-corrected chi connectivity index (χ3v) is 4.94. The molecule has 0 unspecified atom stereocenters. The van der Waals surface area contributed by atoms with Crippen LogP contribution in [0.15, 0.2) is 0 Å². The van der Waals surface area contributed by atoms with Gasteiger partial charge in [0, 0.05) is 0 Å². The van der Waals surface area contributed by atoms with Gasteiger partial charge in [0.2, 0.25) is 0 Å². The number of nitrogens with zero attached hydrogens (tertiary/aromatic N) is 1. The highest BCUT2D eigenvalue weighted by atomic mass is 79.9. The van der Waals surface area contributed by atoms with Gasteiger partial charge in [0.15, 0.2) is 0 Å². The van der Waals surface area contributed by atoms with E-state index in [0.29, 0.717) is 0 Å². The summed E-state index contributed by atoms with van der Waals surface area (Å²) in [5, 5.41) is 0. The molecule has 0 aromatic heterocycles. The molecule has 0 aliphatic rings. The highest BCUT2D eigenvalue weighted by Gasteiger charge is 2.25. The number of rotatable bonds is 16. The van der Waals surface area contributed by atoms with Crippen molar-refractivity contribution in [1.29, 1.82) is 0 Å². The van der Waals surface area contributed by atoms with E-state index in [1.54, 1.807) is 0 Å². The van der Waals surface area contributed by atoms with E-state index in [0.717, 1.165) is 0 Å². The monoisotopic (exact) mass is 377 g/mol. The van der Waals surface area contributed by atoms with Crippen LogP contribution < -0.4 is 17.0 Å². The fourth-order valence-corrected chi connectivity index (χ4v) is 3.46. The van der Waals surface area contributed by atoms with Crippen LogP contribution in [0.5, 0.6) is 0 Å². The molecule has 0 fully saturated rings. The van der Waals surface area contributed by atoms with E-state index in [4.69, 9.17) is 0 Å². The van der Waals surface area contributed by atoms with Crippen molar-refractivity contribution in [2.45, 2.75) is 105 Å². The largest absolute Gasteiger partial charge is 1.00 e. The van der Waals surface area contributed by atoms with Crippen molar-refractivity contribution in [2.24, 2.45) is 0 Å². The first-order valence-electron chi connectivity index (χ1n) is 10.1. The first kappa shape index (κ1) is 24.7. The Morgan fingerprint density at radius 2 is 0.636 bits per heavy atom. The molecule has 0 heterocycles. The Labute approximate surface area is 152 Å². The maximum Gasteiger partial charge on any atom is 0.0786 e. The second kappa shape index (κ2) is 17.8. The molecule has 1 nitrogen and oxygen atoms in total. The van der Waals surface area contributed by atoms with Gasteiger partial charge < -0.3 is 21.5 Å². The lowest BCUT2D eigenvalue weighted by atomic mass is 10.1. The quantitative estimate of drug-likeness (QED) is 0.285. The van der Waals surface area contributed by atoms with Gasteiger partial charge in [0.05, 0.1) is 26.2 Å². The zero-order valence-corrected chi connectivity index (χ0v) is 17.7. The molecule has 0 aliphatic carbocycles. The number of halogens is 1. The van der Waals surface area contributed by atoms with Crippen LogP contribution in [-0.4, -0.2) is 30.7 Å². The van der Waals surface area contributed by atoms with Crippen molar-refractivity contribution >= 4 is 0 Å². The highest BCUT2D eigenvalue weighted by molar-refractivity contribution is 4.51. The molecule has 0 radical (unpaired) electrons. The molecule has 22 heavy (non-hydrogen) atoms. The van der Waals surface area contributed by atoms with Crippen LogP contribution in [0.2, 0.25) is 0 Å². The summed E-state index contributed by atoms with van der Waals surface area (Å²) in [6.45, 7) is 15.1. The minimum atomic E-state index is 0. The van der Waals surface area contributed by atoms with E-state index < -0.39 is 0 Å². The van der Waals surface area contributed by atoms with E-state index in [-0.39, 0.29) is 17.0 Å². The van der Waals surface area contributed by atoms with Gasteiger partial charge in [-0.1, -0.05) is 53.4 Å². The Kier molecular flexibility index (Phi) is 20.0. The lowest BCUT2D eigenvalue weighted by molar-refractivity contribution is -0.929. The third-order valence-electron chi connectivity index (χ3n) is 4.94. The van der Waals surface area contributed by atoms with Crippen molar-refractivity contribution in [3.05, 3.63) is 0 Å². The highest BCUT2D eigenvalue weighted by Crippen LogP contribution is 2.18. The molecule has 0 aromatic rings. The Hall–Kier alpha value is 0.440. The van der Waals surface area contributed by atoms with Crippen molar-refractivity contribution in [2.75, 3.05) is 26.2 Å². The summed E-state index contributed by atoms with van der Waals surface area (Å²) in [4.78, 5) is 0. The lowest BCUT2D eigenvalue weighted by Crippen LogP contribution is -3.00. The fraction of sp³-hybridized carbons (Fsp3) is 1.00. The van der Waals surface area contributed by atoms with E-state index in [9.17, 15) is 0 Å². The van der Waals surface area contributed by atoms with Crippen LogP contribution in [0, 0.1) is 0 Å². The SMILES string of the molecule is CCCCC[N+](CCCCC)(CCCCC)CCCCC.[Br-]. The number of hydrogen-bond acceptors (Lipinski definition) is 0. The summed E-state index contributed by atoms with van der Waals surface area (Å²) in [7, 11) is 0. The van der Waals surface area contributed by atoms with Crippen LogP contribution >= 0.6 is 0 Å². The second-order valence-corrected chi connectivity index (χ2v) is 7.06. The van der Waals surface area contributed by atoms with E-state index in [1.807, 2.05) is 0 Å². The maximum absolute atomic E-state index is 2.33. The summed E-state index contributed by atoms with van der Waals surface area (Å²) >= 11 is 0. The molecule has 0 atom stereocenters. The molecule has 0 spiro atoms. The number of hydrogen-bond donors (Lipinski definition) is 0. The Bertz CT molecular complexity index is 160. The van der Waals surface area contributed by atoms with Crippen LogP contribution in [0.4, 0.5) is 0 Å². The zero-order chi connectivity index (χ0) is 15.8. The van der Waals surface area contributed by atoms with Gasteiger partial charge in [-0.3, -0.25) is 0 Å². The standard InChI is InChI=1S/C20H44N.BrH/c1-5-9-13-17-21(18-14-10-6-2,19-15-11-7-3)20-16-12-8-4;/h5-20H2,1-4H3;1H/q+1;/p-1. The number of unbranched alkanes of at least 4 members (excludes halogenated alkanes) is 8. The Balaban J connectivity index is 0. The summed E-state index contributed by atoms with van der Waals surface area (Å²) in [6, 6.07) is 0. The maximum atomic E-state index is 2.33. The molecule has 2 heteroatoms. The summed E-state index contributed by atoms with van der Waals surface area (Å²) in [6.07, 6.45) is 16.9. The molecule has 0 N–H and O–H groups in total. The van der Waals surface area contributed by atoms with E-state index in [1.165, 1.54) is 108 Å². The summed E-state index contributed by atoms with van der Waals surface area (Å²) in [5.74, 6) is 0. The van der Waals surface area contributed by atoms with Crippen LogP contribution in [0.3, 0.4) is 0 Å². The van der Waals surface area contributed by atoms with Gasteiger partial charge in [0.25, 0.3) is 0 Å². The van der Waals surface area contributed by atoms with Crippen LogP contribution in [-0.2, 0) is 0 Å². The first-order chi connectivity index (χ1) is 10.2. The first-order valence-corrected chi connectivity index (χ1v) is 10.1. The van der Waals surface area contributed by atoms with Gasteiger partial charge in [0.1, 0.15) is 0 Å². The zero-order valence-electron chi connectivity index (χ0n) is 16.1. The average molecular weight is 378 g/mol. The van der Waals surface area contributed by atoms with Crippen molar-refractivity contribution in [1.82, 2.24) is 0 Å². The topological polar surface area (TPSA) is 0 Å². The van der Waals surface area contributed by atoms with Crippen molar-refractivity contribution in [3.63, 3.8) is 0 Å². The summed E-state index contributed by atoms with van der Waals surface area (Å²) in [5.41, 5.74) is 0. The average Bonchev–Trinajstić information content (AvgIpc) is 2.48. The third kappa shape index (κ3) is 12.9. The second-order valence-electron chi connectivity index (χ2n) is 7.06. The van der Waals surface area contributed by atoms with E-state index in [2.05, 4.69) is 27.7 Å². The Morgan fingerprint density at radius 3 is 0.818 bits per heavy atom. The normalized spacial score (nSPS) is 11.5. The molecule has 0 saturated carbocycles. The van der Waals surface area contributed by atoms with Crippen LogP contribution in [0.1, 0.15) is 105 Å². The predicted octanol–water partition coefficient (Wildman–Crippen LogP) is 3.57. The molecule has 0 aromatic carbocycles. The number of quaternary nitrogens is 1. The molecule has 0 aliphatic heterocycles. The van der Waals surface area contributed by atoms with E-state index >= 15 is 0 Å². The minimum Gasteiger partial charge on any atom is -1.00 e. The molecule has 0 amide bonds. The van der Waals surface area contributed by atoms with Crippen LogP contribution in [0.25, 0.3) is 0 Å². The van der Waals surface area contributed by atoms with Crippen molar-refractivity contribution in [3.8, 4) is 0 Å². The van der Waals surface area contributed by atoms with Gasteiger partial charge in [-0.2, -0.15) is 0 Å². The Morgan fingerprint density at radius 1 is 0.409 bits per heavy atom. The molecule has 0 rings (SSSR count). The predicted molar refractivity (Wildman–Crippen MR) is 97.8 cm³/mol. The smallest absolute Gasteiger partial charge is 0.0786 e. The van der Waals surface area contributed by atoms with Crippen molar-refractivity contribution < 1.29 is 21.5 Å². The fourth-order valence-electron chi connectivity index (χ4n) is 3.46. The van der Waals surface area contributed by atoms with Gasteiger partial charge in [-0.05, 0) is 51.4 Å². The van der Waals surface area contributed by atoms with Gasteiger partial charge in [-0.25, -0.2) is 0 Å². The molecule has 136 valence electrons. The molecule has 0 saturated heterocycles. The molecule has 0 bridgehead atoms. The lowest BCUT2D eigenvalue weighted by Gasteiger charge is -2.39. The van der Waals surface area contributed by atoms with Gasteiger partial charge in [-0.15, -0.1) is 0 Å². The van der Waals surface area contributed by atoms with Gasteiger partial charge >= 0.3 is 0 Å². The molecular formula is C20H44BrN.